The number of hydrogen-bond acceptors (Lipinski definition) is 3. The smallest absolute Gasteiger partial charge is 0.319 e. The molecular weight excluding hydrogens is 278 g/mol. The third-order valence-electron chi connectivity index (χ3n) is 4.88. The molecule has 1 aromatic rings. The van der Waals surface area contributed by atoms with E-state index >= 15 is 0 Å². The van der Waals surface area contributed by atoms with Crippen LogP contribution < -0.4 is 0 Å². The van der Waals surface area contributed by atoms with Crippen LogP contribution in [0.1, 0.15) is 31.7 Å². The van der Waals surface area contributed by atoms with Crippen molar-refractivity contribution in [3.8, 4) is 0 Å². The Labute approximate surface area is 130 Å². The Morgan fingerprint density at radius 2 is 2.09 bits per heavy atom. The summed E-state index contributed by atoms with van der Waals surface area (Å²) in [6, 6.07) is 9.87. The summed E-state index contributed by atoms with van der Waals surface area (Å²) in [6.45, 7) is 2.52. The molecule has 2 aliphatic rings. The molecule has 4 heteroatoms. The Hall–Kier alpha value is -2.10. The number of hydrogen-bond donors (Lipinski definition) is 0. The van der Waals surface area contributed by atoms with Crippen LogP contribution in [0.3, 0.4) is 0 Å². The molecule has 0 N–H and O–H groups in total. The normalized spacial score (nSPS) is 27.4. The van der Waals surface area contributed by atoms with Gasteiger partial charge in [0.1, 0.15) is 5.92 Å². The molecular formula is C18H21NO3. The number of allylic oxidation sites excluding steroid dienone is 2. The molecule has 1 aromatic carbocycles. The highest BCUT2D eigenvalue weighted by Crippen LogP contribution is 2.52. The molecule has 4 nitrogen and oxygen atoms in total. The number of methoxy groups -OCH3 is 1. The van der Waals surface area contributed by atoms with Gasteiger partial charge in [-0.05, 0) is 24.8 Å². The molecule has 22 heavy (non-hydrogen) atoms. The van der Waals surface area contributed by atoms with E-state index in [2.05, 4.69) is 6.08 Å². The number of amides is 1. The summed E-state index contributed by atoms with van der Waals surface area (Å²) in [5.41, 5.74) is 1.62. The molecule has 116 valence electrons. The van der Waals surface area contributed by atoms with Crippen molar-refractivity contribution in [2.24, 2.45) is 11.3 Å². The van der Waals surface area contributed by atoms with E-state index in [-0.39, 0.29) is 5.91 Å². The number of esters is 1. The molecule has 0 saturated carbocycles. The summed E-state index contributed by atoms with van der Waals surface area (Å²) in [4.78, 5) is 26.8. The zero-order valence-corrected chi connectivity index (χ0v) is 13.0. The van der Waals surface area contributed by atoms with Gasteiger partial charge in [-0.3, -0.25) is 9.59 Å². The first kappa shape index (κ1) is 14.8. The highest BCUT2D eigenvalue weighted by atomic mass is 16.5. The predicted octanol–water partition coefficient (Wildman–Crippen LogP) is 2.89. The minimum Gasteiger partial charge on any atom is -0.468 e. The lowest BCUT2D eigenvalue weighted by atomic mass is 9.71. The van der Waals surface area contributed by atoms with Gasteiger partial charge in [-0.1, -0.05) is 43.3 Å². The number of fused-ring (bicyclic) bond motifs is 1. The third kappa shape index (κ3) is 2.23. The molecule has 2 unspecified atom stereocenters. The van der Waals surface area contributed by atoms with Crippen molar-refractivity contribution in [3.05, 3.63) is 47.7 Å². The maximum absolute atomic E-state index is 12.9. The van der Waals surface area contributed by atoms with Crippen LogP contribution in [0.4, 0.5) is 0 Å². The molecule has 1 saturated heterocycles. The van der Waals surface area contributed by atoms with Gasteiger partial charge in [0.15, 0.2) is 0 Å². The summed E-state index contributed by atoms with van der Waals surface area (Å²) in [5.74, 6) is -1.27. The van der Waals surface area contributed by atoms with Crippen molar-refractivity contribution >= 4 is 11.9 Å². The van der Waals surface area contributed by atoms with Gasteiger partial charge in [0, 0.05) is 11.1 Å². The van der Waals surface area contributed by atoms with Gasteiger partial charge in [-0.2, -0.15) is 0 Å². The molecule has 0 spiro atoms. The molecule has 0 aromatic heterocycles. The second-order valence-corrected chi connectivity index (χ2v) is 6.27. The van der Waals surface area contributed by atoms with Gasteiger partial charge in [0.2, 0.25) is 5.91 Å². The Morgan fingerprint density at radius 3 is 2.77 bits per heavy atom. The largest absolute Gasteiger partial charge is 0.468 e. The van der Waals surface area contributed by atoms with Gasteiger partial charge in [0.25, 0.3) is 0 Å². The average Bonchev–Trinajstić information content (AvgIpc) is 2.75. The van der Waals surface area contributed by atoms with Crippen LogP contribution >= 0.6 is 0 Å². The minimum atomic E-state index is -0.715. The lowest BCUT2D eigenvalue weighted by molar-refractivity contribution is -0.153. The van der Waals surface area contributed by atoms with E-state index in [4.69, 9.17) is 4.74 Å². The first-order chi connectivity index (χ1) is 10.6. The van der Waals surface area contributed by atoms with Gasteiger partial charge in [0.05, 0.1) is 13.7 Å². The van der Waals surface area contributed by atoms with Crippen LogP contribution in [-0.4, -0.2) is 23.9 Å². The SMILES string of the molecule is COC(=O)C1C(=O)N(Cc2ccccc2)C2=CCCCC21C. The van der Waals surface area contributed by atoms with E-state index < -0.39 is 17.3 Å². The molecule has 1 heterocycles. The van der Waals surface area contributed by atoms with Crippen molar-refractivity contribution in [1.29, 1.82) is 0 Å². The first-order valence-electron chi connectivity index (χ1n) is 7.71. The predicted molar refractivity (Wildman–Crippen MR) is 82.5 cm³/mol. The summed E-state index contributed by atoms with van der Waals surface area (Å²) in [7, 11) is 1.35. The van der Waals surface area contributed by atoms with E-state index in [1.165, 1.54) is 7.11 Å². The molecule has 0 radical (unpaired) electrons. The minimum absolute atomic E-state index is 0.133. The summed E-state index contributed by atoms with van der Waals surface area (Å²) >= 11 is 0. The Balaban J connectivity index is 1.98. The number of carbonyl (C=O) groups excluding carboxylic acids is 2. The fourth-order valence-electron chi connectivity index (χ4n) is 3.73. The van der Waals surface area contributed by atoms with Crippen molar-refractivity contribution in [1.82, 2.24) is 4.90 Å². The maximum Gasteiger partial charge on any atom is 0.319 e. The summed E-state index contributed by atoms with van der Waals surface area (Å²) < 4.78 is 4.90. The number of benzene rings is 1. The highest BCUT2D eigenvalue weighted by Gasteiger charge is 2.57. The molecule has 2 atom stereocenters. The summed E-state index contributed by atoms with van der Waals surface area (Å²) in [6.07, 6.45) is 4.92. The van der Waals surface area contributed by atoms with Crippen LogP contribution in [0.2, 0.25) is 0 Å². The van der Waals surface area contributed by atoms with Gasteiger partial charge in [-0.15, -0.1) is 0 Å². The first-order valence-corrected chi connectivity index (χ1v) is 7.71. The van der Waals surface area contributed by atoms with Crippen LogP contribution in [0.5, 0.6) is 0 Å². The number of likely N-dealkylation sites (tertiary alicyclic amines) is 1. The second kappa shape index (κ2) is 5.59. The standard InChI is InChI=1S/C18H21NO3/c1-18-11-7-6-10-14(18)19(12-13-8-4-3-5-9-13)16(20)15(18)17(21)22-2/h3-5,8-10,15H,6-7,11-12H2,1-2H3. The Kier molecular flexibility index (Phi) is 3.77. The van der Waals surface area contributed by atoms with Crippen molar-refractivity contribution < 1.29 is 14.3 Å². The molecule has 1 aliphatic carbocycles. The van der Waals surface area contributed by atoms with Gasteiger partial charge in [-0.25, -0.2) is 0 Å². The van der Waals surface area contributed by atoms with Crippen LogP contribution in [0, 0.1) is 11.3 Å². The number of carbonyl (C=O) groups is 2. The van der Waals surface area contributed by atoms with Gasteiger partial charge >= 0.3 is 5.97 Å². The number of nitrogens with zero attached hydrogens (tertiary/aromatic N) is 1. The Morgan fingerprint density at radius 1 is 1.36 bits per heavy atom. The number of ether oxygens (including phenoxy) is 1. The molecule has 3 rings (SSSR count). The van der Waals surface area contributed by atoms with E-state index in [1.54, 1.807) is 4.90 Å². The molecule has 1 aliphatic heterocycles. The zero-order chi connectivity index (χ0) is 15.7. The fourth-order valence-corrected chi connectivity index (χ4v) is 3.73. The number of rotatable bonds is 3. The molecule has 1 amide bonds. The lowest BCUT2D eigenvalue weighted by Crippen LogP contribution is -2.35. The maximum atomic E-state index is 12.9. The summed E-state index contributed by atoms with van der Waals surface area (Å²) in [5, 5.41) is 0. The third-order valence-corrected chi connectivity index (χ3v) is 4.88. The highest BCUT2D eigenvalue weighted by molar-refractivity contribution is 6.02. The van der Waals surface area contributed by atoms with Crippen molar-refractivity contribution in [2.75, 3.05) is 7.11 Å². The van der Waals surface area contributed by atoms with Crippen LogP contribution in [-0.2, 0) is 20.9 Å². The van der Waals surface area contributed by atoms with E-state index in [0.717, 1.165) is 30.5 Å². The van der Waals surface area contributed by atoms with Crippen LogP contribution in [0.25, 0.3) is 0 Å². The monoisotopic (exact) mass is 299 g/mol. The second-order valence-electron chi connectivity index (χ2n) is 6.27. The van der Waals surface area contributed by atoms with Crippen molar-refractivity contribution in [2.45, 2.75) is 32.7 Å². The van der Waals surface area contributed by atoms with E-state index in [1.807, 2.05) is 37.3 Å². The zero-order valence-electron chi connectivity index (χ0n) is 13.0. The fraction of sp³-hybridized carbons (Fsp3) is 0.444. The van der Waals surface area contributed by atoms with Gasteiger partial charge < -0.3 is 9.64 Å². The van der Waals surface area contributed by atoms with E-state index in [0.29, 0.717) is 6.54 Å². The molecule has 0 bridgehead atoms. The lowest BCUT2D eigenvalue weighted by Gasteiger charge is -2.33. The topological polar surface area (TPSA) is 46.6 Å². The average molecular weight is 299 g/mol. The van der Waals surface area contributed by atoms with Crippen LogP contribution in [0.15, 0.2) is 42.1 Å². The van der Waals surface area contributed by atoms with E-state index in [9.17, 15) is 9.59 Å². The Bertz CT molecular complexity index is 622. The molecule has 1 fully saturated rings. The van der Waals surface area contributed by atoms with Crippen molar-refractivity contribution in [3.63, 3.8) is 0 Å². The quantitative estimate of drug-likeness (QED) is 0.637.